The monoisotopic (exact) mass is 267 g/mol. The molecule has 4 nitrogen and oxygen atoms in total. The zero-order chi connectivity index (χ0) is 14.1. The summed E-state index contributed by atoms with van der Waals surface area (Å²) in [5.74, 6) is 0. The standard InChI is InChI=1S/C15H29N3O/c1-4-15(13-16,17-3)9-6-10-18-11-7-14(8-12-18)19-5-2/h14,17H,4-12H2,1-3H3. The summed E-state index contributed by atoms with van der Waals surface area (Å²) in [5, 5.41) is 12.4. The number of hydrogen-bond acceptors (Lipinski definition) is 4. The van der Waals surface area contributed by atoms with Crippen LogP contribution in [0.4, 0.5) is 0 Å². The Morgan fingerprint density at radius 1 is 1.37 bits per heavy atom. The van der Waals surface area contributed by atoms with Crippen LogP contribution in [0, 0.1) is 11.3 Å². The van der Waals surface area contributed by atoms with Gasteiger partial charge in [0, 0.05) is 19.7 Å². The fourth-order valence-electron chi connectivity index (χ4n) is 2.81. The molecule has 0 radical (unpaired) electrons. The smallest absolute Gasteiger partial charge is 0.106 e. The molecule has 4 heteroatoms. The van der Waals surface area contributed by atoms with Crippen LogP contribution in [0.2, 0.25) is 0 Å². The van der Waals surface area contributed by atoms with E-state index in [9.17, 15) is 5.26 Å². The maximum Gasteiger partial charge on any atom is 0.106 e. The second-order valence-electron chi connectivity index (χ2n) is 5.40. The van der Waals surface area contributed by atoms with Gasteiger partial charge in [-0.05, 0) is 52.6 Å². The molecule has 19 heavy (non-hydrogen) atoms. The SMILES string of the molecule is CCOC1CCN(CCCC(C#N)(CC)NC)CC1. The molecule has 1 aliphatic heterocycles. The van der Waals surface area contributed by atoms with Gasteiger partial charge in [0.2, 0.25) is 0 Å². The van der Waals surface area contributed by atoms with Gasteiger partial charge in [-0.25, -0.2) is 0 Å². The lowest BCUT2D eigenvalue weighted by atomic mass is 9.92. The van der Waals surface area contributed by atoms with Crippen LogP contribution >= 0.6 is 0 Å². The van der Waals surface area contributed by atoms with E-state index in [4.69, 9.17) is 4.74 Å². The van der Waals surface area contributed by atoms with E-state index in [1.54, 1.807) is 0 Å². The maximum atomic E-state index is 9.26. The van der Waals surface area contributed by atoms with E-state index < -0.39 is 0 Å². The van der Waals surface area contributed by atoms with Crippen molar-refractivity contribution in [2.45, 2.75) is 57.6 Å². The van der Waals surface area contributed by atoms with E-state index in [2.05, 4.69) is 30.1 Å². The minimum atomic E-state index is -0.330. The van der Waals surface area contributed by atoms with Gasteiger partial charge in [-0.1, -0.05) is 6.92 Å². The molecule has 0 aromatic carbocycles. The summed E-state index contributed by atoms with van der Waals surface area (Å²) in [6.07, 6.45) is 5.65. The van der Waals surface area contributed by atoms with Crippen LogP contribution in [-0.2, 0) is 4.74 Å². The Morgan fingerprint density at radius 2 is 2.05 bits per heavy atom. The Hall–Kier alpha value is -0.630. The molecule has 0 saturated carbocycles. The zero-order valence-electron chi connectivity index (χ0n) is 12.7. The summed E-state index contributed by atoms with van der Waals surface area (Å²) >= 11 is 0. The van der Waals surface area contributed by atoms with E-state index >= 15 is 0 Å². The van der Waals surface area contributed by atoms with E-state index in [0.717, 1.165) is 58.3 Å². The fraction of sp³-hybridized carbons (Fsp3) is 0.933. The first-order valence-electron chi connectivity index (χ1n) is 7.63. The van der Waals surface area contributed by atoms with E-state index in [1.807, 2.05) is 7.05 Å². The van der Waals surface area contributed by atoms with Crippen molar-refractivity contribution in [1.82, 2.24) is 10.2 Å². The molecule has 0 aliphatic carbocycles. The predicted octanol–water partition coefficient (Wildman–Crippen LogP) is 2.16. The first-order valence-corrected chi connectivity index (χ1v) is 7.63. The number of likely N-dealkylation sites (tertiary alicyclic amines) is 1. The summed E-state index contributed by atoms with van der Waals surface area (Å²) in [7, 11) is 1.89. The first-order chi connectivity index (χ1) is 9.19. The molecule has 1 unspecified atom stereocenters. The summed E-state index contributed by atoms with van der Waals surface area (Å²) in [6, 6.07) is 2.43. The minimum Gasteiger partial charge on any atom is -0.378 e. The topological polar surface area (TPSA) is 48.3 Å². The van der Waals surface area contributed by atoms with Crippen molar-refractivity contribution in [2.24, 2.45) is 0 Å². The molecule has 1 aliphatic rings. The first kappa shape index (κ1) is 16.4. The van der Waals surface area contributed by atoms with Gasteiger partial charge >= 0.3 is 0 Å². The van der Waals surface area contributed by atoms with Gasteiger partial charge in [0.15, 0.2) is 0 Å². The number of nitrogens with one attached hydrogen (secondary N) is 1. The molecule has 1 heterocycles. The lowest BCUT2D eigenvalue weighted by Crippen LogP contribution is -2.42. The van der Waals surface area contributed by atoms with Crippen LogP contribution in [0.5, 0.6) is 0 Å². The molecule has 0 aromatic heterocycles. The van der Waals surface area contributed by atoms with E-state index in [1.165, 1.54) is 0 Å². The number of piperidine rings is 1. The number of hydrogen-bond donors (Lipinski definition) is 1. The number of rotatable bonds is 8. The largest absolute Gasteiger partial charge is 0.378 e. The molecule has 1 atom stereocenters. The van der Waals surface area contributed by atoms with Gasteiger partial charge in [-0.3, -0.25) is 0 Å². The molecular formula is C15H29N3O. The van der Waals surface area contributed by atoms with Crippen molar-refractivity contribution in [1.29, 1.82) is 5.26 Å². The number of nitriles is 1. The van der Waals surface area contributed by atoms with Crippen LogP contribution in [0.25, 0.3) is 0 Å². The molecule has 1 saturated heterocycles. The van der Waals surface area contributed by atoms with Gasteiger partial charge in [0.1, 0.15) is 5.54 Å². The van der Waals surface area contributed by atoms with Crippen LogP contribution in [0.1, 0.15) is 46.0 Å². The van der Waals surface area contributed by atoms with Crippen molar-refractivity contribution in [3.8, 4) is 6.07 Å². The Kier molecular flexibility index (Phi) is 7.37. The molecule has 1 fully saturated rings. The van der Waals surface area contributed by atoms with Crippen molar-refractivity contribution in [2.75, 3.05) is 33.3 Å². The third-order valence-electron chi connectivity index (χ3n) is 4.31. The predicted molar refractivity (Wildman–Crippen MR) is 78.0 cm³/mol. The van der Waals surface area contributed by atoms with Gasteiger partial charge in [0.05, 0.1) is 12.2 Å². The molecule has 1 N–H and O–H groups in total. The number of nitrogens with zero attached hydrogens (tertiary/aromatic N) is 2. The van der Waals surface area contributed by atoms with Crippen LogP contribution < -0.4 is 5.32 Å². The highest BCUT2D eigenvalue weighted by molar-refractivity contribution is 5.05. The van der Waals surface area contributed by atoms with Gasteiger partial charge in [-0.2, -0.15) is 5.26 Å². The molecule has 110 valence electrons. The zero-order valence-corrected chi connectivity index (χ0v) is 12.7. The average Bonchev–Trinajstić information content (AvgIpc) is 2.46. The van der Waals surface area contributed by atoms with Gasteiger partial charge in [-0.15, -0.1) is 0 Å². The molecule has 0 bridgehead atoms. The summed E-state index contributed by atoms with van der Waals surface area (Å²) in [5.41, 5.74) is -0.330. The molecule has 0 amide bonds. The normalized spacial score (nSPS) is 20.9. The Labute approximate surface area is 118 Å². The molecule has 1 rings (SSSR count). The van der Waals surface area contributed by atoms with Crippen molar-refractivity contribution in [3.63, 3.8) is 0 Å². The number of ether oxygens (including phenoxy) is 1. The third-order valence-corrected chi connectivity index (χ3v) is 4.31. The van der Waals surface area contributed by atoms with E-state index in [-0.39, 0.29) is 5.54 Å². The van der Waals surface area contributed by atoms with E-state index in [0.29, 0.717) is 6.10 Å². The van der Waals surface area contributed by atoms with Crippen molar-refractivity contribution < 1.29 is 4.74 Å². The lowest BCUT2D eigenvalue weighted by Gasteiger charge is -2.32. The Bertz CT molecular complexity index is 276. The maximum absolute atomic E-state index is 9.26. The third kappa shape index (κ3) is 5.10. The second kappa shape index (κ2) is 8.52. The highest BCUT2D eigenvalue weighted by Gasteiger charge is 2.26. The van der Waals surface area contributed by atoms with Crippen LogP contribution in [0.3, 0.4) is 0 Å². The van der Waals surface area contributed by atoms with Crippen LogP contribution in [-0.4, -0.2) is 49.8 Å². The minimum absolute atomic E-state index is 0.330. The lowest BCUT2D eigenvalue weighted by molar-refractivity contribution is 0.0137. The highest BCUT2D eigenvalue weighted by Crippen LogP contribution is 2.18. The Balaban J connectivity index is 2.22. The highest BCUT2D eigenvalue weighted by atomic mass is 16.5. The van der Waals surface area contributed by atoms with Gasteiger partial charge in [0.25, 0.3) is 0 Å². The molecular weight excluding hydrogens is 238 g/mol. The quantitative estimate of drug-likeness (QED) is 0.732. The van der Waals surface area contributed by atoms with Crippen molar-refractivity contribution in [3.05, 3.63) is 0 Å². The molecule has 0 spiro atoms. The molecule has 0 aromatic rings. The summed E-state index contributed by atoms with van der Waals surface area (Å²) < 4.78 is 5.66. The summed E-state index contributed by atoms with van der Waals surface area (Å²) in [6.45, 7) is 8.34. The fourth-order valence-corrected chi connectivity index (χ4v) is 2.81. The van der Waals surface area contributed by atoms with Crippen molar-refractivity contribution >= 4 is 0 Å². The second-order valence-corrected chi connectivity index (χ2v) is 5.40. The van der Waals surface area contributed by atoms with Gasteiger partial charge < -0.3 is 15.0 Å². The summed E-state index contributed by atoms with van der Waals surface area (Å²) in [4.78, 5) is 2.50. The van der Waals surface area contributed by atoms with Crippen LogP contribution in [0.15, 0.2) is 0 Å². The average molecular weight is 267 g/mol. The Morgan fingerprint density at radius 3 is 2.53 bits per heavy atom.